The van der Waals surface area contributed by atoms with E-state index in [1.165, 1.54) is 14.2 Å². The van der Waals surface area contributed by atoms with Gasteiger partial charge in [-0.25, -0.2) is 19.6 Å². The summed E-state index contributed by atoms with van der Waals surface area (Å²) in [5, 5.41) is 31.3. The highest BCUT2D eigenvalue weighted by molar-refractivity contribution is 6.61. The number of nitrogens with zero attached hydrogens (tertiary/aromatic N) is 7. The van der Waals surface area contributed by atoms with Gasteiger partial charge in [-0.15, -0.1) is 0 Å². The summed E-state index contributed by atoms with van der Waals surface area (Å²) in [7, 11) is 2.63. The molecule has 2 saturated carbocycles. The summed E-state index contributed by atoms with van der Waals surface area (Å²) in [5.74, 6) is 19.4. The van der Waals surface area contributed by atoms with E-state index in [9.17, 15) is 19.8 Å². The van der Waals surface area contributed by atoms with Gasteiger partial charge in [0.05, 0.1) is 27.3 Å². The summed E-state index contributed by atoms with van der Waals surface area (Å²) >= 11 is 4.60. The van der Waals surface area contributed by atoms with E-state index in [-0.39, 0.29) is 20.9 Å². The Morgan fingerprint density at radius 1 is 0.731 bits per heavy atom. The van der Waals surface area contributed by atoms with Crippen LogP contribution in [0.5, 0.6) is 0 Å². The van der Waals surface area contributed by atoms with Crippen LogP contribution in [0.3, 0.4) is 0 Å². The molecule has 1 amide bonds. The van der Waals surface area contributed by atoms with E-state index >= 15 is 0 Å². The van der Waals surface area contributed by atoms with Crippen LogP contribution in [0.25, 0.3) is 22.6 Å². The number of hydrogen-bond donors (Lipinski definition) is 3. The Hall–Kier alpha value is -6.69. The number of carbonyl (C=O) groups excluding carboxylic acids is 2. The average Bonchev–Trinajstić information content (AvgIpc) is 3.97. The molecule has 2 aromatic carbocycles. The number of fused-ring (bicyclic) bond motifs is 2. The smallest absolute Gasteiger partial charge is 0.409 e. The van der Waals surface area contributed by atoms with Gasteiger partial charge in [0.2, 0.25) is 0 Å². The van der Waals surface area contributed by atoms with Crippen LogP contribution >= 0.6 is 11.6 Å². The molecule has 10 rings (SSSR count). The van der Waals surface area contributed by atoms with Crippen LogP contribution in [0.1, 0.15) is 75.1 Å². The molecule has 67 heavy (non-hydrogen) atoms. The first kappa shape index (κ1) is 49.7. The number of benzene rings is 2. The minimum absolute atomic E-state index is 0. The van der Waals surface area contributed by atoms with Crippen LogP contribution in [-0.4, -0.2) is 96.4 Å². The SMILES string of the molecule is C.C.COC(=O)Cl.COC(=O)N1C[C@@H]2C(C#Cc3ccc(-c4cc(Cn5ccnc5[C@H](C)O)no4)cc3)[C@@H]2C1.C[C@H](O)c1nccn1Cc1cc(-c2ccc(C#CC3[C@H]4CNC[C@@H]34)cc2)on1. The zero-order valence-electron chi connectivity index (χ0n) is 36.3. The predicted molar refractivity (Wildman–Crippen MR) is 251 cm³/mol. The number of aliphatic hydroxyl groups is 2. The maximum Gasteiger partial charge on any atom is 0.409 e. The molecule has 3 N–H and O–H groups in total. The first-order valence-electron chi connectivity index (χ1n) is 21.3. The number of hydrogen-bond acceptors (Lipinski definition) is 13. The predicted octanol–water partition coefficient (Wildman–Crippen LogP) is 7.66. The van der Waals surface area contributed by atoms with E-state index in [2.05, 4.69) is 65.6 Å². The third-order valence-corrected chi connectivity index (χ3v) is 12.2. The van der Waals surface area contributed by atoms with Gasteiger partial charge in [-0.2, -0.15) is 0 Å². The minimum Gasteiger partial charge on any atom is -0.457 e. The molecule has 2 aliphatic carbocycles. The lowest BCUT2D eigenvalue weighted by molar-refractivity contribution is 0.127. The standard InChI is InChI=1S/C24H24N4O4.C22H22N4O2.C2H3ClO2.2CH4/c1-15(29)23-25-9-10-27(23)12-18-11-22(32-26-18)17-6-3-16(4-7-17)5-8-19-20-13-28(14-21(19)20)24(30)31-2;1-14(27)22-24-8-9-26(22)13-17-10-21(28-25-17)16-5-2-15(3-6-16)4-7-18-19-11-23-12-20(18)19;1-5-2(3)4;;/h3-4,6-7,9-11,15,19-21,29H,12-14H2,1-2H3;2-3,5-6,8-10,14,18-20,23,27H,11-13H2,1H3;1H3;2*1H4/t15-,19?,20-,21+;14-,18?,19-,20+;;;/m00.../s1. The van der Waals surface area contributed by atoms with Crippen LogP contribution in [0, 0.1) is 59.2 Å². The van der Waals surface area contributed by atoms with Crippen molar-refractivity contribution in [3.8, 4) is 46.3 Å². The van der Waals surface area contributed by atoms with Gasteiger partial charge >= 0.3 is 11.5 Å². The molecule has 17 heteroatoms. The number of piperidine rings is 2. The second-order valence-electron chi connectivity index (χ2n) is 16.4. The number of halogens is 1. The molecule has 16 nitrogen and oxygen atoms in total. The molecule has 4 aliphatic rings. The molecule has 2 aliphatic heterocycles. The van der Waals surface area contributed by atoms with Gasteiger partial charge in [-0.3, -0.25) is 0 Å². The van der Waals surface area contributed by atoms with Crippen molar-refractivity contribution in [3.05, 3.63) is 120 Å². The fourth-order valence-corrected chi connectivity index (χ4v) is 8.46. The lowest BCUT2D eigenvalue weighted by atomic mass is 10.1. The molecule has 0 radical (unpaired) electrons. The van der Waals surface area contributed by atoms with Crippen molar-refractivity contribution in [1.29, 1.82) is 0 Å². The van der Waals surface area contributed by atoms with Gasteiger partial charge in [-0.05, 0) is 99.1 Å². The molecule has 2 saturated heterocycles. The zero-order chi connectivity index (χ0) is 45.6. The number of amides is 1. The Bertz CT molecular complexity index is 2700. The summed E-state index contributed by atoms with van der Waals surface area (Å²) in [6.45, 7) is 8.08. The van der Waals surface area contributed by atoms with Crippen molar-refractivity contribution in [1.82, 2.24) is 39.6 Å². The third kappa shape index (κ3) is 12.0. The molecule has 4 fully saturated rings. The maximum absolute atomic E-state index is 11.6. The fraction of sp³-hybridized carbons (Fsp3) is 0.400. The summed E-state index contributed by atoms with van der Waals surface area (Å²) in [5.41, 5.74) is 4.64. The van der Waals surface area contributed by atoms with E-state index in [1.54, 1.807) is 31.1 Å². The molecule has 8 atom stereocenters. The number of ether oxygens (including phenoxy) is 2. The second-order valence-corrected chi connectivity index (χ2v) is 16.7. The minimum atomic E-state index is -0.773. The van der Waals surface area contributed by atoms with Crippen molar-refractivity contribution >= 4 is 23.1 Å². The van der Waals surface area contributed by atoms with E-state index < -0.39 is 17.6 Å². The number of methoxy groups -OCH3 is 2. The van der Waals surface area contributed by atoms with E-state index in [0.29, 0.717) is 54.2 Å². The lowest BCUT2D eigenvalue weighted by Gasteiger charge is -2.16. The normalized spacial score (nSPS) is 21.0. The topological polar surface area (TPSA) is 196 Å². The van der Waals surface area contributed by atoms with Gasteiger partial charge in [0.15, 0.2) is 11.5 Å². The maximum atomic E-state index is 11.6. The summed E-state index contributed by atoms with van der Waals surface area (Å²) < 4.78 is 23.4. The Kier molecular flexibility index (Phi) is 16.5. The number of carbonyl (C=O) groups is 2. The lowest BCUT2D eigenvalue weighted by Crippen LogP contribution is -2.31. The highest BCUT2D eigenvalue weighted by Crippen LogP contribution is 2.51. The largest absolute Gasteiger partial charge is 0.457 e. The Balaban J connectivity index is 0.000000197. The van der Waals surface area contributed by atoms with Crippen molar-refractivity contribution in [3.63, 3.8) is 0 Å². The highest BCUT2D eigenvalue weighted by Gasteiger charge is 2.56. The van der Waals surface area contributed by atoms with Gasteiger partial charge in [0, 0.05) is 95.7 Å². The number of rotatable bonds is 8. The van der Waals surface area contributed by atoms with Crippen molar-refractivity contribution in [2.24, 2.45) is 35.5 Å². The summed E-state index contributed by atoms with van der Waals surface area (Å²) in [6, 6.07) is 19.8. The number of aliphatic hydroxyl groups excluding tert-OH is 2. The quantitative estimate of drug-likeness (QED) is 0.0995. The molecule has 6 heterocycles. The van der Waals surface area contributed by atoms with Crippen LogP contribution < -0.4 is 5.32 Å². The van der Waals surface area contributed by atoms with Crippen LogP contribution in [0.4, 0.5) is 9.59 Å². The van der Waals surface area contributed by atoms with Gasteiger partial charge < -0.3 is 48.1 Å². The van der Waals surface area contributed by atoms with Gasteiger partial charge in [0.1, 0.15) is 35.2 Å². The Labute approximate surface area is 395 Å². The van der Waals surface area contributed by atoms with Crippen molar-refractivity contribution in [2.75, 3.05) is 40.4 Å². The average molecular weight is 934 g/mol. The molecular weight excluding hydrogens is 876 g/mol. The molecule has 352 valence electrons. The van der Waals surface area contributed by atoms with Crippen LogP contribution in [0.15, 0.2) is 94.5 Å². The first-order chi connectivity index (χ1) is 31.5. The number of likely N-dealkylation sites (tertiary alicyclic amines) is 1. The van der Waals surface area contributed by atoms with E-state index in [0.717, 1.165) is 77.4 Å². The molecular formula is C50H57ClN8O8. The third-order valence-electron chi connectivity index (χ3n) is 12.0. The Morgan fingerprint density at radius 3 is 1.54 bits per heavy atom. The zero-order valence-corrected chi connectivity index (χ0v) is 37.1. The monoisotopic (exact) mass is 932 g/mol. The Morgan fingerprint density at radius 2 is 1.15 bits per heavy atom. The molecule has 4 aromatic heterocycles. The molecule has 6 aromatic rings. The molecule has 2 unspecified atom stereocenters. The highest BCUT2D eigenvalue weighted by atomic mass is 35.5. The number of nitrogens with one attached hydrogen (secondary N) is 1. The van der Waals surface area contributed by atoms with Crippen LogP contribution in [0.2, 0.25) is 0 Å². The van der Waals surface area contributed by atoms with E-state index in [1.807, 2.05) is 82.2 Å². The first-order valence-corrected chi connectivity index (χ1v) is 21.7. The molecule has 0 bridgehead atoms. The van der Waals surface area contributed by atoms with Gasteiger partial charge in [-0.1, -0.05) is 48.8 Å². The summed E-state index contributed by atoms with van der Waals surface area (Å²) in [4.78, 5) is 31.0. The number of aromatic nitrogens is 6. The van der Waals surface area contributed by atoms with Gasteiger partial charge in [0.25, 0.3) is 0 Å². The second kappa shape index (κ2) is 22.2. The van der Waals surface area contributed by atoms with Crippen LogP contribution in [-0.2, 0) is 22.6 Å². The fourth-order valence-electron chi connectivity index (χ4n) is 8.46. The van der Waals surface area contributed by atoms with Crippen molar-refractivity contribution in [2.45, 2.75) is 54.0 Å². The van der Waals surface area contributed by atoms with Crippen molar-refractivity contribution < 1.29 is 38.3 Å². The summed E-state index contributed by atoms with van der Waals surface area (Å²) in [6.07, 6.45) is 5.46. The number of imidazole rings is 2. The van der Waals surface area contributed by atoms with E-state index in [4.69, 9.17) is 13.8 Å². The molecule has 0 spiro atoms.